The number of aliphatic carboxylic acids is 2. The van der Waals surface area contributed by atoms with Crippen LogP contribution < -0.4 is 21.7 Å². The zero-order chi connectivity index (χ0) is 31.8. The zero-order valence-corrected chi connectivity index (χ0v) is 24.1. The minimum absolute atomic E-state index is 0.147. The van der Waals surface area contributed by atoms with E-state index in [1.54, 1.807) is 20.8 Å². The first-order valence-corrected chi connectivity index (χ1v) is 13.4. The lowest BCUT2D eigenvalue weighted by Crippen LogP contribution is -2.52. The van der Waals surface area contributed by atoms with Gasteiger partial charge in [-0.25, -0.2) is 4.79 Å². The summed E-state index contributed by atoms with van der Waals surface area (Å²) in [5.74, 6) is -5.92. The molecular formula is C26H44N4O11. The van der Waals surface area contributed by atoms with Gasteiger partial charge < -0.3 is 41.7 Å². The summed E-state index contributed by atoms with van der Waals surface area (Å²) >= 11 is 0. The summed E-state index contributed by atoms with van der Waals surface area (Å²) in [6.07, 6.45) is -2.49. The molecule has 15 nitrogen and oxygen atoms in total. The minimum atomic E-state index is -1.41. The van der Waals surface area contributed by atoms with Crippen LogP contribution >= 0.6 is 0 Å². The fourth-order valence-corrected chi connectivity index (χ4v) is 3.60. The Morgan fingerprint density at radius 2 is 1.46 bits per heavy atom. The highest BCUT2D eigenvalue weighted by molar-refractivity contribution is 5.95. The van der Waals surface area contributed by atoms with E-state index in [2.05, 4.69) is 16.0 Å². The van der Waals surface area contributed by atoms with Crippen LogP contribution in [-0.4, -0.2) is 93.6 Å². The average molecular weight is 589 g/mol. The molecule has 0 aromatic carbocycles. The second-order valence-corrected chi connectivity index (χ2v) is 10.7. The summed E-state index contributed by atoms with van der Waals surface area (Å²) in [4.78, 5) is 83.3. The number of nitrogens with two attached hydrogens (primary N) is 1. The third-order valence-corrected chi connectivity index (χ3v) is 5.71. The van der Waals surface area contributed by atoms with Crippen LogP contribution in [0.25, 0.3) is 0 Å². The first-order valence-electron chi connectivity index (χ1n) is 13.4. The number of carboxylic acid groups (broad SMARTS) is 2. The average Bonchev–Trinajstić information content (AvgIpc) is 2.84. The Labute approximate surface area is 238 Å². The lowest BCUT2D eigenvalue weighted by Gasteiger charge is -2.23. The largest absolute Gasteiger partial charge is 0.481 e. The van der Waals surface area contributed by atoms with Crippen LogP contribution in [0.15, 0.2) is 0 Å². The summed E-state index contributed by atoms with van der Waals surface area (Å²) in [5, 5.41) is 34.8. The predicted octanol–water partition coefficient (Wildman–Crippen LogP) is -0.135. The van der Waals surface area contributed by atoms with Gasteiger partial charge >= 0.3 is 18.0 Å². The number of aliphatic hydroxyl groups is 1. The predicted molar refractivity (Wildman–Crippen MR) is 145 cm³/mol. The van der Waals surface area contributed by atoms with Crippen molar-refractivity contribution >= 4 is 41.4 Å². The maximum absolute atomic E-state index is 13.0. The summed E-state index contributed by atoms with van der Waals surface area (Å²) in [5.41, 5.74) is 4.91. The van der Waals surface area contributed by atoms with E-state index in [0.717, 1.165) is 0 Å². The van der Waals surface area contributed by atoms with Gasteiger partial charge in [-0.2, -0.15) is 0 Å². The minimum Gasteiger partial charge on any atom is -0.481 e. The molecule has 0 fully saturated rings. The lowest BCUT2D eigenvalue weighted by molar-refractivity contribution is -0.139. The Bertz CT molecular complexity index is 931. The first kappa shape index (κ1) is 37.4. The Kier molecular flexibility index (Phi) is 17.1. The lowest BCUT2D eigenvalue weighted by atomic mass is 9.87. The number of hydrogen-bond acceptors (Lipinski definition) is 10. The molecule has 8 N–H and O–H groups in total. The van der Waals surface area contributed by atoms with Crippen LogP contribution in [0.3, 0.4) is 0 Å². The Hall–Kier alpha value is -3.59. The Morgan fingerprint density at radius 3 is 2.00 bits per heavy atom. The Balaban J connectivity index is 5.09. The number of hydrogen-bond donors (Lipinski definition) is 7. The van der Waals surface area contributed by atoms with Crippen molar-refractivity contribution < 1.29 is 53.6 Å². The van der Waals surface area contributed by atoms with Crippen molar-refractivity contribution in [3.8, 4) is 0 Å². The SMILES string of the molecule is C[C@@H](O)[C@H](NC(=O)CNC(=O)[C@@H](N)CCC(=O)O)C(=O)C[C@@H](CCCCNC(=O)OC(C)(C)C)C(=O)CCC(=O)O. The van der Waals surface area contributed by atoms with Gasteiger partial charge in [0, 0.05) is 31.7 Å². The van der Waals surface area contributed by atoms with Crippen molar-refractivity contribution in [2.75, 3.05) is 13.1 Å². The van der Waals surface area contributed by atoms with Crippen LogP contribution in [0.5, 0.6) is 0 Å². The van der Waals surface area contributed by atoms with E-state index >= 15 is 0 Å². The number of nitrogens with one attached hydrogen (secondary N) is 3. The molecule has 3 amide bonds. The standard InChI is InChI=1S/C26H44N4O11/c1-15(31)23(30-20(34)14-29-24(39)17(27)8-10-21(35)36)19(33)13-16(18(32)9-11-22(37)38)7-5-6-12-28-25(40)41-26(2,3)4/h15-17,23,31H,5-14,27H2,1-4H3,(H,28,40)(H,29,39)(H,30,34)(H,35,36)(H,37,38)/t15-,16-,17+,23+/m1/s1. The molecular weight excluding hydrogens is 544 g/mol. The summed E-state index contributed by atoms with van der Waals surface area (Å²) in [6.45, 7) is 6.06. The van der Waals surface area contributed by atoms with E-state index in [1.165, 1.54) is 6.92 Å². The number of ether oxygens (including phenoxy) is 1. The molecule has 234 valence electrons. The highest BCUT2D eigenvalue weighted by Crippen LogP contribution is 2.19. The molecule has 4 atom stereocenters. The van der Waals surface area contributed by atoms with Gasteiger partial charge in [0.15, 0.2) is 5.78 Å². The number of ketones is 2. The Morgan fingerprint density at radius 1 is 0.854 bits per heavy atom. The molecule has 0 spiro atoms. The smallest absolute Gasteiger partial charge is 0.407 e. The van der Waals surface area contributed by atoms with Gasteiger partial charge in [-0.15, -0.1) is 0 Å². The van der Waals surface area contributed by atoms with Gasteiger partial charge in [0.25, 0.3) is 0 Å². The number of carbonyl (C=O) groups excluding carboxylic acids is 5. The molecule has 0 radical (unpaired) electrons. The second kappa shape index (κ2) is 18.7. The molecule has 0 bridgehead atoms. The van der Waals surface area contributed by atoms with E-state index < -0.39 is 84.1 Å². The van der Waals surface area contributed by atoms with E-state index in [0.29, 0.717) is 12.8 Å². The molecule has 0 saturated heterocycles. The normalized spacial score (nSPS) is 14.1. The van der Waals surface area contributed by atoms with Crippen molar-refractivity contribution in [1.82, 2.24) is 16.0 Å². The molecule has 15 heteroatoms. The van der Waals surface area contributed by atoms with Gasteiger partial charge in [0.2, 0.25) is 11.8 Å². The number of aliphatic hydroxyl groups excluding tert-OH is 1. The van der Waals surface area contributed by atoms with Crippen molar-refractivity contribution in [3.63, 3.8) is 0 Å². The molecule has 0 aliphatic carbocycles. The maximum atomic E-state index is 13.0. The van der Waals surface area contributed by atoms with E-state index in [1.807, 2.05) is 0 Å². The summed E-state index contributed by atoms with van der Waals surface area (Å²) < 4.78 is 5.14. The molecule has 0 heterocycles. The molecule has 0 saturated carbocycles. The number of unbranched alkanes of at least 4 members (excludes halogenated alkanes) is 1. The topological polar surface area (TPSA) is 252 Å². The molecule has 0 aliphatic rings. The molecule has 41 heavy (non-hydrogen) atoms. The van der Waals surface area contributed by atoms with Crippen molar-refractivity contribution in [2.45, 2.75) is 103 Å². The van der Waals surface area contributed by atoms with Crippen LogP contribution in [0.1, 0.15) is 79.1 Å². The number of alkyl carbamates (subject to hydrolysis) is 1. The fraction of sp³-hybridized carbons (Fsp3) is 0.731. The monoisotopic (exact) mass is 588 g/mol. The highest BCUT2D eigenvalue weighted by Gasteiger charge is 2.30. The highest BCUT2D eigenvalue weighted by atomic mass is 16.6. The molecule has 0 aliphatic heterocycles. The summed E-state index contributed by atoms with van der Waals surface area (Å²) in [6, 6.07) is -2.58. The molecule has 0 rings (SSSR count). The van der Waals surface area contributed by atoms with Crippen molar-refractivity contribution in [3.05, 3.63) is 0 Å². The van der Waals surface area contributed by atoms with Crippen LogP contribution in [-0.2, 0) is 33.5 Å². The first-order chi connectivity index (χ1) is 18.9. The zero-order valence-electron chi connectivity index (χ0n) is 24.1. The quantitative estimate of drug-likeness (QED) is 0.0918. The van der Waals surface area contributed by atoms with Gasteiger partial charge in [-0.05, 0) is 47.0 Å². The molecule has 0 unspecified atom stereocenters. The number of rotatable bonds is 20. The van der Waals surface area contributed by atoms with Crippen LogP contribution in [0.4, 0.5) is 4.79 Å². The van der Waals surface area contributed by atoms with Gasteiger partial charge in [-0.1, -0.05) is 6.42 Å². The molecule has 0 aromatic rings. The maximum Gasteiger partial charge on any atom is 0.407 e. The van der Waals surface area contributed by atoms with Crippen molar-refractivity contribution in [1.29, 1.82) is 0 Å². The van der Waals surface area contributed by atoms with Crippen LogP contribution in [0, 0.1) is 5.92 Å². The van der Waals surface area contributed by atoms with Crippen molar-refractivity contribution in [2.24, 2.45) is 11.7 Å². The van der Waals surface area contributed by atoms with Crippen LogP contribution in [0.2, 0.25) is 0 Å². The van der Waals surface area contributed by atoms with Gasteiger partial charge in [0.1, 0.15) is 17.4 Å². The summed E-state index contributed by atoms with van der Waals surface area (Å²) in [7, 11) is 0. The third-order valence-electron chi connectivity index (χ3n) is 5.71. The molecule has 0 aromatic heterocycles. The number of carbonyl (C=O) groups is 7. The fourth-order valence-electron chi connectivity index (χ4n) is 3.60. The van der Waals surface area contributed by atoms with E-state index in [-0.39, 0.29) is 38.6 Å². The van der Waals surface area contributed by atoms with Gasteiger partial charge in [0.05, 0.1) is 25.1 Å². The van der Waals surface area contributed by atoms with Gasteiger partial charge in [-0.3, -0.25) is 28.8 Å². The second-order valence-electron chi connectivity index (χ2n) is 10.7. The number of amides is 3. The van der Waals surface area contributed by atoms with E-state index in [4.69, 9.17) is 20.7 Å². The van der Waals surface area contributed by atoms with E-state index in [9.17, 15) is 38.7 Å². The number of Topliss-reactive ketones (excluding diaryl/α,β-unsaturated/α-hetero) is 2. The third kappa shape index (κ3) is 18.4. The number of carboxylic acids is 2.